The molecule has 0 aromatic heterocycles. The largest absolute Gasteiger partial charge is 0.396 e. The van der Waals surface area contributed by atoms with Crippen LogP contribution in [0.25, 0.3) is 0 Å². The summed E-state index contributed by atoms with van der Waals surface area (Å²) in [5, 5.41) is 14.5. The van der Waals surface area contributed by atoms with Crippen molar-refractivity contribution in [3.63, 3.8) is 0 Å². The van der Waals surface area contributed by atoms with Crippen LogP contribution in [0, 0.1) is 5.92 Å². The van der Waals surface area contributed by atoms with Crippen molar-refractivity contribution in [2.75, 3.05) is 17.2 Å². The summed E-state index contributed by atoms with van der Waals surface area (Å²) in [6, 6.07) is 5.30. The van der Waals surface area contributed by atoms with E-state index < -0.39 is 5.92 Å². The molecule has 96 valence electrons. The van der Waals surface area contributed by atoms with E-state index in [1.165, 1.54) is 0 Å². The van der Waals surface area contributed by atoms with Gasteiger partial charge in [0.1, 0.15) is 0 Å². The lowest BCUT2D eigenvalue weighted by atomic mass is 10.1. The van der Waals surface area contributed by atoms with E-state index in [0.29, 0.717) is 18.5 Å². The van der Waals surface area contributed by atoms with E-state index in [2.05, 4.69) is 10.6 Å². The average Bonchev–Trinajstić information content (AvgIpc) is 2.70. The summed E-state index contributed by atoms with van der Waals surface area (Å²) < 4.78 is 0. The highest BCUT2D eigenvalue weighted by molar-refractivity contribution is 6.00. The van der Waals surface area contributed by atoms with Crippen molar-refractivity contribution in [2.24, 2.45) is 5.92 Å². The highest BCUT2D eigenvalue weighted by Gasteiger charge is 2.19. The number of aliphatic hydroxyl groups is 1. The molecule has 0 aliphatic carbocycles. The van der Waals surface area contributed by atoms with Crippen LogP contribution in [0.4, 0.5) is 11.4 Å². The number of hydrogen-bond acceptors (Lipinski definition) is 3. The van der Waals surface area contributed by atoms with E-state index in [4.69, 9.17) is 5.11 Å². The Morgan fingerprint density at radius 2 is 2.33 bits per heavy atom. The molecular weight excluding hydrogens is 232 g/mol. The number of fused-ring (bicyclic) bond motifs is 1. The summed E-state index contributed by atoms with van der Waals surface area (Å²) >= 11 is 0. The van der Waals surface area contributed by atoms with Crippen molar-refractivity contribution in [2.45, 2.75) is 19.8 Å². The first-order valence-electron chi connectivity index (χ1n) is 5.98. The van der Waals surface area contributed by atoms with Gasteiger partial charge in [0.25, 0.3) is 0 Å². The molecule has 0 radical (unpaired) electrons. The molecule has 2 amide bonds. The maximum absolute atomic E-state index is 11.8. The van der Waals surface area contributed by atoms with Gasteiger partial charge in [0, 0.05) is 11.4 Å². The van der Waals surface area contributed by atoms with Crippen LogP contribution in [0.5, 0.6) is 0 Å². The second kappa shape index (κ2) is 5.18. The number of rotatable bonds is 4. The predicted octanol–water partition coefficient (Wildman–Crippen LogP) is 1.14. The van der Waals surface area contributed by atoms with Crippen LogP contribution in [0.15, 0.2) is 18.2 Å². The van der Waals surface area contributed by atoms with Crippen molar-refractivity contribution in [3.8, 4) is 0 Å². The number of hydrogen-bond donors (Lipinski definition) is 3. The number of aliphatic hydroxyl groups excluding tert-OH is 1. The zero-order valence-electron chi connectivity index (χ0n) is 10.2. The normalized spacial score (nSPS) is 14.9. The molecule has 0 fully saturated rings. The monoisotopic (exact) mass is 248 g/mol. The maximum Gasteiger partial charge on any atom is 0.229 e. The zero-order valence-corrected chi connectivity index (χ0v) is 10.2. The Hall–Kier alpha value is -1.88. The number of carbonyl (C=O) groups excluding carboxylic acids is 2. The van der Waals surface area contributed by atoms with Gasteiger partial charge in [-0.2, -0.15) is 0 Å². The average molecular weight is 248 g/mol. The van der Waals surface area contributed by atoms with Crippen molar-refractivity contribution in [1.29, 1.82) is 0 Å². The highest BCUT2D eigenvalue weighted by atomic mass is 16.3. The fraction of sp³-hybridized carbons (Fsp3) is 0.385. The molecule has 0 spiro atoms. The number of benzene rings is 1. The van der Waals surface area contributed by atoms with Gasteiger partial charge in [-0.15, -0.1) is 0 Å². The first kappa shape index (κ1) is 12.6. The Labute approximate surface area is 105 Å². The lowest BCUT2D eigenvalue weighted by molar-refractivity contribution is -0.121. The molecule has 5 heteroatoms. The highest BCUT2D eigenvalue weighted by Crippen LogP contribution is 2.26. The number of anilines is 2. The van der Waals surface area contributed by atoms with Crippen molar-refractivity contribution in [1.82, 2.24) is 0 Å². The topological polar surface area (TPSA) is 78.4 Å². The second-order valence-electron chi connectivity index (χ2n) is 4.37. The van der Waals surface area contributed by atoms with Crippen molar-refractivity contribution >= 4 is 23.2 Å². The summed E-state index contributed by atoms with van der Waals surface area (Å²) in [5.74, 6) is -0.620. The van der Waals surface area contributed by atoms with Crippen LogP contribution in [-0.2, 0) is 16.0 Å². The van der Waals surface area contributed by atoms with Crippen molar-refractivity contribution < 1.29 is 14.7 Å². The van der Waals surface area contributed by atoms with E-state index in [-0.39, 0.29) is 18.4 Å². The number of carbonyl (C=O) groups is 2. The minimum atomic E-state index is -0.391. The van der Waals surface area contributed by atoms with Crippen molar-refractivity contribution in [3.05, 3.63) is 23.8 Å². The Balaban J connectivity index is 2.09. The summed E-state index contributed by atoms with van der Waals surface area (Å²) in [4.78, 5) is 23.0. The molecule has 1 aliphatic rings. The third-order valence-electron chi connectivity index (χ3n) is 3.08. The van der Waals surface area contributed by atoms with Crippen LogP contribution in [0.3, 0.4) is 0 Å². The Morgan fingerprint density at radius 3 is 3.00 bits per heavy atom. The quantitative estimate of drug-likeness (QED) is 0.747. The minimum absolute atomic E-state index is 0.0322. The molecule has 1 aliphatic heterocycles. The summed E-state index contributed by atoms with van der Waals surface area (Å²) in [7, 11) is 0. The van der Waals surface area contributed by atoms with Gasteiger partial charge in [0.15, 0.2) is 0 Å². The summed E-state index contributed by atoms with van der Waals surface area (Å²) in [5.41, 5.74) is 2.34. The molecule has 5 nitrogen and oxygen atoms in total. The van der Waals surface area contributed by atoms with Gasteiger partial charge in [-0.25, -0.2) is 0 Å². The predicted molar refractivity (Wildman–Crippen MR) is 68.3 cm³/mol. The molecule has 1 aromatic carbocycles. The van der Waals surface area contributed by atoms with E-state index in [9.17, 15) is 9.59 Å². The van der Waals surface area contributed by atoms with Crippen LogP contribution in [0.1, 0.15) is 18.9 Å². The van der Waals surface area contributed by atoms with E-state index >= 15 is 0 Å². The first-order valence-corrected chi connectivity index (χ1v) is 5.98. The molecule has 1 unspecified atom stereocenters. The van der Waals surface area contributed by atoms with Gasteiger partial charge < -0.3 is 15.7 Å². The zero-order chi connectivity index (χ0) is 13.1. The first-order chi connectivity index (χ1) is 8.63. The van der Waals surface area contributed by atoms with Crippen LogP contribution >= 0.6 is 0 Å². The van der Waals surface area contributed by atoms with Gasteiger partial charge >= 0.3 is 0 Å². The van der Waals surface area contributed by atoms with Gasteiger partial charge in [0.05, 0.1) is 18.9 Å². The van der Waals surface area contributed by atoms with Gasteiger partial charge in [0.2, 0.25) is 11.8 Å². The summed E-state index contributed by atoms with van der Waals surface area (Å²) in [6.07, 6.45) is 0.934. The van der Waals surface area contributed by atoms with Gasteiger partial charge in [-0.05, 0) is 30.2 Å². The SMILES string of the molecule is CCC(CO)C(=O)Nc1ccc2c(c1)CC(=O)N2. The lowest BCUT2D eigenvalue weighted by Crippen LogP contribution is -2.25. The Kier molecular flexibility index (Phi) is 3.62. The van der Waals surface area contributed by atoms with E-state index in [1.807, 2.05) is 6.92 Å². The molecule has 0 saturated heterocycles. The standard InChI is InChI=1S/C13H16N2O3/c1-2-8(7-16)13(18)14-10-3-4-11-9(5-10)6-12(17)15-11/h3-5,8,16H,2,6-7H2,1H3,(H,14,18)(H,15,17). The third-order valence-corrected chi connectivity index (χ3v) is 3.08. The Bertz CT molecular complexity index is 481. The number of amides is 2. The molecule has 3 N–H and O–H groups in total. The van der Waals surface area contributed by atoms with E-state index in [0.717, 1.165) is 11.3 Å². The minimum Gasteiger partial charge on any atom is -0.396 e. The van der Waals surface area contributed by atoms with Crippen LogP contribution in [0.2, 0.25) is 0 Å². The van der Waals surface area contributed by atoms with E-state index in [1.54, 1.807) is 18.2 Å². The maximum atomic E-state index is 11.8. The van der Waals surface area contributed by atoms with Gasteiger partial charge in [-0.1, -0.05) is 6.92 Å². The molecule has 1 atom stereocenters. The van der Waals surface area contributed by atoms with Crippen LogP contribution < -0.4 is 10.6 Å². The third kappa shape index (κ3) is 2.51. The molecule has 18 heavy (non-hydrogen) atoms. The van der Waals surface area contributed by atoms with Gasteiger partial charge in [-0.3, -0.25) is 9.59 Å². The summed E-state index contributed by atoms with van der Waals surface area (Å²) in [6.45, 7) is 1.69. The molecular formula is C13H16N2O3. The fourth-order valence-electron chi connectivity index (χ4n) is 1.95. The molecule has 1 heterocycles. The molecule has 2 rings (SSSR count). The molecule has 0 bridgehead atoms. The lowest BCUT2D eigenvalue weighted by Gasteiger charge is -2.12. The molecule has 1 aromatic rings. The molecule has 0 saturated carbocycles. The number of nitrogens with one attached hydrogen (secondary N) is 2. The Morgan fingerprint density at radius 1 is 1.56 bits per heavy atom. The fourth-order valence-corrected chi connectivity index (χ4v) is 1.95. The smallest absolute Gasteiger partial charge is 0.229 e. The van der Waals surface area contributed by atoms with Crippen LogP contribution in [-0.4, -0.2) is 23.5 Å². The second-order valence-corrected chi connectivity index (χ2v) is 4.37.